The molecule has 1 aromatic carbocycles. The Balaban J connectivity index is 0.00000338. The third-order valence-electron chi connectivity index (χ3n) is 4.42. The van der Waals surface area contributed by atoms with Gasteiger partial charge in [-0.15, -0.1) is 24.0 Å². The van der Waals surface area contributed by atoms with Gasteiger partial charge < -0.3 is 20.4 Å². The first-order chi connectivity index (χ1) is 12.0. The first kappa shape index (κ1) is 22.7. The SMILES string of the molecule is CCNC(=NCc1ccc(C(=O)N(C)C)cc1)NCC1CCN(C)C1.I. The van der Waals surface area contributed by atoms with E-state index in [-0.39, 0.29) is 29.9 Å². The van der Waals surface area contributed by atoms with Crippen LogP contribution in [0.3, 0.4) is 0 Å². The number of amides is 1. The number of carbonyl (C=O) groups is 1. The summed E-state index contributed by atoms with van der Waals surface area (Å²) in [5.41, 5.74) is 1.79. The van der Waals surface area contributed by atoms with Crippen molar-refractivity contribution in [2.24, 2.45) is 10.9 Å². The number of benzene rings is 1. The highest BCUT2D eigenvalue weighted by molar-refractivity contribution is 14.0. The summed E-state index contributed by atoms with van der Waals surface area (Å²) in [5, 5.41) is 6.75. The minimum atomic E-state index is 0. The van der Waals surface area contributed by atoms with Crippen LogP contribution >= 0.6 is 24.0 Å². The third-order valence-corrected chi connectivity index (χ3v) is 4.42. The number of nitrogens with one attached hydrogen (secondary N) is 2. The molecule has 0 radical (unpaired) electrons. The second-order valence-corrected chi connectivity index (χ2v) is 6.89. The van der Waals surface area contributed by atoms with E-state index in [0.717, 1.165) is 31.2 Å². The predicted molar refractivity (Wildman–Crippen MR) is 118 cm³/mol. The molecule has 1 unspecified atom stereocenters. The normalized spacial score (nSPS) is 17.5. The Morgan fingerprint density at radius 1 is 1.27 bits per heavy atom. The fourth-order valence-corrected chi connectivity index (χ4v) is 2.96. The fourth-order valence-electron chi connectivity index (χ4n) is 2.96. The molecule has 0 saturated carbocycles. The maximum atomic E-state index is 11.9. The Morgan fingerprint density at radius 2 is 1.96 bits per heavy atom. The van der Waals surface area contributed by atoms with Gasteiger partial charge in [0.05, 0.1) is 6.54 Å². The van der Waals surface area contributed by atoms with E-state index in [0.29, 0.717) is 18.0 Å². The van der Waals surface area contributed by atoms with Crippen LogP contribution in [0.25, 0.3) is 0 Å². The molecule has 0 aromatic heterocycles. The molecule has 1 fully saturated rings. The standard InChI is InChI=1S/C19H31N5O.HI/c1-5-20-19(22-13-16-10-11-24(4)14-16)21-12-15-6-8-17(9-7-15)18(25)23(2)3;/h6-9,16H,5,10-14H2,1-4H3,(H2,20,21,22);1H. The van der Waals surface area contributed by atoms with Crippen LogP contribution in [0, 0.1) is 5.92 Å². The van der Waals surface area contributed by atoms with Gasteiger partial charge in [-0.05, 0) is 50.6 Å². The minimum absolute atomic E-state index is 0. The molecule has 2 N–H and O–H groups in total. The van der Waals surface area contributed by atoms with E-state index in [1.54, 1.807) is 19.0 Å². The first-order valence-corrected chi connectivity index (χ1v) is 9.01. The van der Waals surface area contributed by atoms with Crippen LogP contribution in [-0.4, -0.2) is 69.0 Å². The van der Waals surface area contributed by atoms with Crippen LogP contribution in [0.4, 0.5) is 0 Å². The maximum absolute atomic E-state index is 11.9. The summed E-state index contributed by atoms with van der Waals surface area (Å²) in [7, 11) is 5.69. The average molecular weight is 473 g/mol. The Kier molecular flexibility index (Phi) is 9.93. The Labute approximate surface area is 174 Å². The highest BCUT2D eigenvalue weighted by atomic mass is 127. The second-order valence-electron chi connectivity index (χ2n) is 6.89. The van der Waals surface area contributed by atoms with Crippen LogP contribution in [-0.2, 0) is 6.54 Å². The number of nitrogens with zero attached hydrogens (tertiary/aromatic N) is 3. The Morgan fingerprint density at radius 3 is 2.50 bits per heavy atom. The zero-order valence-corrected chi connectivity index (χ0v) is 18.6. The Hall–Kier alpha value is -1.35. The molecule has 1 saturated heterocycles. The van der Waals surface area contributed by atoms with Crippen molar-refractivity contribution in [2.75, 3.05) is 47.3 Å². The van der Waals surface area contributed by atoms with Crippen molar-refractivity contribution in [2.45, 2.75) is 19.9 Å². The summed E-state index contributed by atoms with van der Waals surface area (Å²) in [6.07, 6.45) is 1.24. The summed E-state index contributed by atoms with van der Waals surface area (Å²) in [6.45, 7) is 6.78. The summed E-state index contributed by atoms with van der Waals surface area (Å²) in [6, 6.07) is 7.66. The summed E-state index contributed by atoms with van der Waals surface area (Å²) >= 11 is 0. The lowest BCUT2D eigenvalue weighted by Crippen LogP contribution is -2.40. The molecule has 1 aliphatic rings. The van der Waals surface area contributed by atoms with E-state index in [4.69, 9.17) is 0 Å². The molecule has 2 rings (SSSR count). The Bertz CT molecular complexity index is 588. The van der Waals surface area contributed by atoms with Gasteiger partial charge in [-0.3, -0.25) is 4.79 Å². The number of guanidine groups is 1. The first-order valence-electron chi connectivity index (χ1n) is 9.01. The molecule has 1 heterocycles. The van der Waals surface area contributed by atoms with Crippen LogP contribution in [0.2, 0.25) is 0 Å². The molecular formula is C19H32IN5O. The molecule has 146 valence electrons. The number of halogens is 1. The monoisotopic (exact) mass is 473 g/mol. The largest absolute Gasteiger partial charge is 0.357 e. The maximum Gasteiger partial charge on any atom is 0.253 e. The molecule has 0 bridgehead atoms. The van der Waals surface area contributed by atoms with Gasteiger partial charge in [-0.1, -0.05) is 12.1 Å². The molecule has 1 atom stereocenters. The van der Waals surface area contributed by atoms with Crippen molar-refractivity contribution in [3.63, 3.8) is 0 Å². The molecule has 1 aliphatic heterocycles. The van der Waals surface area contributed by atoms with Crippen molar-refractivity contribution in [3.05, 3.63) is 35.4 Å². The second kappa shape index (κ2) is 11.4. The van der Waals surface area contributed by atoms with Gasteiger partial charge in [0.15, 0.2) is 5.96 Å². The lowest BCUT2D eigenvalue weighted by molar-refractivity contribution is 0.0827. The topological polar surface area (TPSA) is 60.0 Å². The van der Waals surface area contributed by atoms with Crippen LogP contribution in [0.15, 0.2) is 29.3 Å². The van der Waals surface area contributed by atoms with Crippen molar-refractivity contribution >= 4 is 35.8 Å². The van der Waals surface area contributed by atoms with Crippen molar-refractivity contribution < 1.29 is 4.79 Å². The van der Waals surface area contributed by atoms with Gasteiger partial charge >= 0.3 is 0 Å². The van der Waals surface area contributed by atoms with E-state index in [9.17, 15) is 4.79 Å². The zero-order valence-electron chi connectivity index (χ0n) is 16.3. The molecular weight excluding hydrogens is 441 g/mol. The van der Waals surface area contributed by atoms with Crippen LogP contribution in [0.5, 0.6) is 0 Å². The van der Waals surface area contributed by atoms with Gasteiger partial charge in [-0.2, -0.15) is 0 Å². The van der Waals surface area contributed by atoms with Crippen molar-refractivity contribution in [3.8, 4) is 0 Å². The number of carbonyl (C=O) groups excluding carboxylic acids is 1. The van der Waals surface area contributed by atoms with Gasteiger partial charge in [-0.25, -0.2) is 4.99 Å². The highest BCUT2D eigenvalue weighted by Gasteiger charge is 2.19. The van der Waals surface area contributed by atoms with E-state index in [2.05, 4.69) is 34.5 Å². The number of likely N-dealkylation sites (tertiary alicyclic amines) is 1. The van der Waals surface area contributed by atoms with Crippen molar-refractivity contribution in [1.82, 2.24) is 20.4 Å². The van der Waals surface area contributed by atoms with Crippen LogP contribution < -0.4 is 10.6 Å². The van der Waals surface area contributed by atoms with Gasteiger partial charge in [0.2, 0.25) is 0 Å². The number of hydrogen-bond acceptors (Lipinski definition) is 3. The summed E-state index contributed by atoms with van der Waals surface area (Å²) < 4.78 is 0. The van der Waals surface area contributed by atoms with Gasteiger partial charge in [0, 0.05) is 39.3 Å². The molecule has 1 aromatic rings. The fraction of sp³-hybridized carbons (Fsp3) is 0.579. The number of aliphatic imine (C=N–C) groups is 1. The van der Waals surface area contributed by atoms with Crippen molar-refractivity contribution in [1.29, 1.82) is 0 Å². The number of rotatable bonds is 6. The molecule has 1 amide bonds. The quantitative estimate of drug-likeness (QED) is 0.377. The molecule has 26 heavy (non-hydrogen) atoms. The van der Waals surface area contributed by atoms with E-state index in [1.807, 2.05) is 24.3 Å². The number of hydrogen-bond donors (Lipinski definition) is 2. The smallest absolute Gasteiger partial charge is 0.253 e. The van der Waals surface area contributed by atoms with E-state index >= 15 is 0 Å². The van der Waals surface area contributed by atoms with Gasteiger partial charge in [0.25, 0.3) is 5.91 Å². The van der Waals surface area contributed by atoms with Crippen LogP contribution in [0.1, 0.15) is 29.3 Å². The minimum Gasteiger partial charge on any atom is -0.357 e. The molecule has 7 heteroatoms. The predicted octanol–water partition coefficient (Wildman–Crippen LogP) is 2.01. The molecule has 6 nitrogen and oxygen atoms in total. The lowest BCUT2D eigenvalue weighted by Gasteiger charge is -2.15. The average Bonchev–Trinajstić information content (AvgIpc) is 3.02. The zero-order chi connectivity index (χ0) is 18.2. The summed E-state index contributed by atoms with van der Waals surface area (Å²) in [5.74, 6) is 1.56. The lowest BCUT2D eigenvalue weighted by atomic mass is 10.1. The molecule has 0 spiro atoms. The van der Waals surface area contributed by atoms with Gasteiger partial charge in [0.1, 0.15) is 0 Å². The highest BCUT2D eigenvalue weighted by Crippen LogP contribution is 2.12. The van der Waals surface area contributed by atoms with E-state index in [1.165, 1.54) is 13.0 Å². The summed E-state index contributed by atoms with van der Waals surface area (Å²) in [4.78, 5) is 20.5. The molecule has 0 aliphatic carbocycles. The van der Waals surface area contributed by atoms with E-state index < -0.39 is 0 Å². The third kappa shape index (κ3) is 7.11.